The average molecular weight is 260 g/mol. The minimum atomic E-state index is -0.447. The smallest absolute Gasteiger partial charge is 0.339 e. The second kappa shape index (κ2) is 3.96. The van der Waals surface area contributed by atoms with Gasteiger partial charge in [-0.1, -0.05) is 0 Å². The van der Waals surface area contributed by atoms with E-state index >= 15 is 0 Å². The first-order valence-electron chi connectivity index (χ1n) is 3.96. The third-order valence-corrected chi connectivity index (χ3v) is 2.92. The quantitative estimate of drug-likeness (QED) is 0.779. The molecule has 1 aromatic rings. The molecule has 1 N–H and O–H groups in total. The number of nitrogens with one attached hydrogen (secondary N) is 1. The summed E-state index contributed by atoms with van der Waals surface area (Å²) < 4.78 is 4.98. The van der Waals surface area contributed by atoms with Gasteiger partial charge in [-0.3, -0.25) is 4.79 Å². The molecule has 0 saturated heterocycles. The zero-order valence-corrected chi connectivity index (χ0v) is 9.69. The Bertz CT molecular complexity index is 436. The highest BCUT2D eigenvalue weighted by Gasteiger charge is 2.16. The van der Waals surface area contributed by atoms with Gasteiger partial charge in [0.15, 0.2) is 0 Å². The molecule has 0 radical (unpaired) electrons. The first-order chi connectivity index (χ1) is 6.49. The van der Waals surface area contributed by atoms with Crippen molar-refractivity contribution in [3.05, 3.63) is 31.6 Å². The Balaban J connectivity index is 3.52. The van der Waals surface area contributed by atoms with Gasteiger partial charge in [-0.25, -0.2) is 4.79 Å². The van der Waals surface area contributed by atoms with Crippen LogP contribution < -0.4 is 5.56 Å². The summed E-state index contributed by atoms with van der Waals surface area (Å²) in [6.07, 6.45) is 0. The molecule has 0 spiro atoms. The Hall–Kier alpha value is -1.10. The van der Waals surface area contributed by atoms with Crippen molar-refractivity contribution >= 4 is 21.9 Å². The van der Waals surface area contributed by atoms with Crippen molar-refractivity contribution in [1.82, 2.24) is 4.98 Å². The lowest BCUT2D eigenvalue weighted by molar-refractivity contribution is 0.0598. The first kappa shape index (κ1) is 11.0. The lowest BCUT2D eigenvalue weighted by atomic mass is 10.1. The predicted molar refractivity (Wildman–Crippen MR) is 55.6 cm³/mol. The number of aryl methyl sites for hydroxylation is 1. The summed E-state index contributed by atoms with van der Waals surface area (Å²) in [5, 5.41) is 0. The summed E-state index contributed by atoms with van der Waals surface area (Å²) in [6, 6.07) is 0. The number of rotatable bonds is 1. The summed E-state index contributed by atoms with van der Waals surface area (Å²) in [6.45, 7) is 3.35. The van der Waals surface area contributed by atoms with E-state index in [9.17, 15) is 9.59 Å². The van der Waals surface area contributed by atoms with Crippen LogP contribution in [0.1, 0.15) is 21.6 Å². The molecule has 0 aromatic carbocycles. The number of carbonyl (C=O) groups excluding carboxylic acids is 1. The van der Waals surface area contributed by atoms with E-state index in [0.717, 1.165) is 0 Å². The fourth-order valence-electron chi connectivity index (χ4n) is 1.26. The SMILES string of the molecule is COC(=O)c1c(C)[nH]c(=O)c(Br)c1C. The van der Waals surface area contributed by atoms with E-state index in [2.05, 4.69) is 25.7 Å². The van der Waals surface area contributed by atoms with Crippen molar-refractivity contribution in [3.63, 3.8) is 0 Å². The average Bonchev–Trinajstić information content (AvgIpc) is 2.14. The van der Waals surface area contributed by atoms with E-state index in [0.29, 0.717) is 21.3 Å². The second-order valence-corrected chi connectivity index (χ2v) is 3.68. The molecule has 0 aliphatic rings. The minimum absolute atomic E-state index is 0.243. The number of carbonyl (C=O) groups is 1. The predicted octanol–water partition coefficient (Wildman–Crippen LogP) is 1.54. The summed E-state index contributed by atoms with van der Waals surface area (Å²) in [5.41, 5.74) is 1.27. The lowest BCUT2D eigenvalue weighted by Gasteiger charge is -2.08. The summed E-state index contributed by atoms with van der Waals surface area (Å²) in [7, 11) is 1.31. The number of halogens is 1. The summed E-state index contributed by atoms with van der Waals surface area (Å²) in [5.74, 6) is -0.447. The molecule has 14 heavy (non-hydrogen) atoms. The van der Waals surface area contributed by atoms with Gasteiger partial charge in [-0.2, -0.15) is 0 Å². The molecule has 0 saturated carbocycles. The van der Waals surface area contributed by atoms with Gasteiger partial charge in [0.1, 0.15) is 0 Å². The van der Waals surface area contributed by atoms with Crippen molar-refractivity contribution < 1.29 is 9.53 Å². The number of aromatic nitrogens is 1. The van der Waals surface area contributed by atoms with Crippen LogP contribution in [0.25, 0.3) is 0 Å². The van der Waals surface area contributed by atoms with E-state index < -0.39 is 5.97 Å². The molecule has 76 valence electrons. The topological polar surface area (TPSA) is 59.2 Å². The Labute approximate surface area is 89.4 Å². The van der Waals surface area contributed by atoms with Crippen LogP contribution >= 0.6 is 15.9 Å². The number of esters is 1. The molecule has 5 heteroatoms. The zero-order chi connectivity index (χ0) is 10.9. The third kappa shape index (κ3) is 1.72. The van der Waals surface area contributed by atoms with Crippen LogP contribution in [0.4, 0.5) is 0 Å². The highest BCUT2D eigenvalue weighted by atomic mass is 79.9. The molecule has 1 rings (SSSR count). The van der Waals surface area contributed by atoms with Gasteiger partial charge in [-0.15, -0.1) is 0 Å². The number of methoxy groups -OCH3 is 1. The Morgan fingerprint density at radius 3 is 2.50 bits per heavy atom. The highest BCUT2D eigenvalue weighted by molar-refractivity contribution is 9.10. The Kier molecular flexibility index (Phi) is 3.10. The number of ether oxygens (including phenoxy) is 1. The number of hydrogen-bond donors (Lipinski definition) is 1. The fourth-order valence-corrected chi connectivity index (χ4v) is 1.55. The molecule has 1 heterocycles. The van der Waals surface area contributed by atoms with Gasteiger partial charge in [0.25, 0.3) is 5.56 Å². The molecule has 4 nitrogen and oxygen atoms in total. The minimum Gasteiger partial charge on any atom is -0.465 e. The van der Waals surface area contributed by atoms with Crippen LogP contribution in [0.5, 0.6) is 0 Å². The third-order valence-electron chi connectivity index (χ3n) is 1.97. The fraction of sp³-hybridized carbons (Fsp3) is 0.333. The molecule has 0 fully saturated rings. The summed E-state index contributed by atoms with van der Waals surface area (Å²) in [4.78, 5) is 25.2. The van der Waals surface area contributed by atoms with Crippen molar-refractivity contribution in [2.75, 3.05) is 7.11 Å². The van der Waals surface area contributed by atoms with Gasteiger partial charge in [0, 0.05) is 5.69 Å². The van der Waals surface area contributed by atoms with Crippen LogP contribution in [0.3, 0.4) is 0 Å². The van der Waals surface area contributed by atoms with Crippen LogP contribution in [0.15, 0.2) is 9.27 Å². The van der Waals surface area contributed by atoms with Crippen molar-refractivity contribution in [2.24, 2.45) is 0 Å². The van der Waals surface area contributed by atoms with Gasteiger partial charge in [-0.05, 0) is 35.3 Å². The van der Waals surface area contributed by atoms with Crippen LogP contribution in [-0.2, 0) is 4.74 Å². The molecule has 0 aliphatic carbocycles. The molecule has 0 atom stereocenters. The Morgan fingerprint density at radius 1 is 1.43 bits per heavy atom. The van der Waals surface area contributed by atoms with Gasteiger partial charge in [0.2, 0.25) is 0 Å². The van der Waals surface area contributed by atoms with Crippen molar-refractivity contribution in [1.29, 1.82) is 0 Å². The van der Waals surface area contributed by atoms with Crippen molar-refractivity contribution in [3.8, 4) is 0 Å². The molecule has 0 bridgehead atoms. The number of hydrogen-bond acceptors (Lipinski definition) is 3. The molecular formula is C9H10BrNO3. The lowest BCUT2D eigenvalue weighted by Crippen LogP contribution is -2.17. The van der Waals surface area contributed by atoms with Crippen LogP contribution in [-0.4, -0.2) is 18.1 Å². The number of pyridine rings is 1. The molecule has 0 aliphatic heterocycles. The van der Waals surface area contributed by atoms with E-state index in [-0.39, 0.29) is 5.56 Å². The Morgan fingerprint density at radius 2 is 2.00 bits per heavy atom. The largest absolute Gasteiger partial charge is 0.465 e. The first-order valence-corrected chi connectivity index (χ1v) is 4.75. The van der Waals surface area contributed by atoms with E-state index in [1.54, 1.807) is 13.8 Å². The van der Waals surface area contributed by atoms with Crippen molar-refractivity contribution in [2.45, 2.75) is 13.8 Å². The van der Waals surface area contributed by atoms with Crippen LogP contribution in [0, 0.1) is 13.8 Å². The van der Waals surface area contributed by atoms with Crippen LogP contribution in [0.2, 0.25) is 0 Å². The zero-order valence-electron chi connectivity index (χ0n) is 8.10. The molecular weight excluding hydrogens is 250 g/mol. The molecule has 0 unspecified atom stereocenters. The monoisotopic (exact) mass is 259 g/mol. The summed E-state index contributed by atoms with van der Waals surface area (Å²) >= 11 is 3.11. The van der Waals surface area contributed by atoms with E-state index in [1.807, 2.05) is 0 Å². The standard InChI is InChI=1S/C9H10BrNO3/c1-4-6(9(13)14-3)5(2)11-8(12)7(4)10/h1-3H3,(H,11,12). The number of aromatic amines is 1. The van der Waals surface area contributed by atoms with E-state index in [4.69, 9.17) is 0 Å². The maximum atomic E-state index is 11.4. The second-order valence-electron chi connectivity index (χ2n) is 2.88. The highest BCUT2D eigenvalue weighted by Crippen LogP contribution is 2.18. The molecule has 0 amide bonds. The number of H-pyrrole nitrogens is 1. The maximum absolute atomic E-state index is 11.4. The maximum Gasteiger partial charge on any atom is 0.339 e. The van der Waals surface area contributed by atoms with Gasteiger partial charge >= 0.3 is 5.97 Å². The normalized spacial score (nSPS) is 10.0. The van der Waals surface area contributed by atoms with Gasteiger partial charge in [0.05, 0.1) is 17.1 Å². The van der Waals surface area contributed by atoms with E-state index in [1.165, 1.54) is 7.11 Å². The van der Waals surface area contributed by atoms with Gasteiger partial charge < -0.3 is 9.72 Å². The molecule has 1 aromatic heterocycles.